The zero-order chi connectivity index (χ0) is 14.9. The first kappa shape index (κ1) is 15.8. The van der Waals surface area contributed by atoms with Gasteiger partial charge in [-0.05, 0) is 38.7 Å². The maximum Gasteiger partial charge on any atom is 0.191 e. The van der Waals surface area contributed by atoms with Crippen LogP contribution in [0.1, 0.15) is 31.7 Å². The van der Waals surface area contributed by atoms with E-state index < -0.39 is 0 Å². The van der Waals surface area contributed by atoms with Gasteiger partial charge in [0.05, 0.1) is 18.8 Å². The summed E-state index contributed by atoms with van der Waals surface area (Å²) in [5, 5.41) is 10.9. The number of nitrogens with one attached hydrogen (secondary N) is 2. The zero-order valence-corrected chi connectivity index (χ0v) is 13.1. The van der Waals surface area contributed by atoms with Gasteiger partial charge in [0.1, 0.15) is 0 Å². The Bertz CT molecular complexity index is 437. The maximum absolute atomic E-state index is 5.59. The van der Waals surface area contributed by atoms with E-state index in [0.717, 1.165) is 58.0 Å². The molecule has 21 heavy (non-hydrogen) atoms. The van der Waals surface area contributed by atoms with Gasteiger partial charge in [-0.1, -0.05) is 0 Å². The Kier molecular flexibility index (Phi) is 6.53. The van der Waals surface area contributed by atoms with Crippen LogP contribution in [0.15, 0.2) is 17.4 Å². The SMILES string of the molecule is CCNC(=NCC1CCCO1)NCCCn1cc(C)cn1. The van der Waals surface area contributed by atoms with Gasteiger partial charge in [-0.2, -0.15) is 5.10 Å². The van der Waals surface area contributed by atoms with Crippen molar-refractivity contribution in [3.05, 3.63) is 18.0 Å². The number of aryl methyl sites for hydroxylation is 2. The van der Waals surface area contributed by atoms with E-state index in [4.69, 9.17) is 4.74 Å². The van der Waals surface area contributed by atoms with Gasteiger partial charge in [-0.25, -0.2) is 0 Å². The van der Waals surface area contributed by atoms with Crippen LogP contribution in [-0.2, 0) is 11.3 Å². The predicted molar refractivity (Wildman–Crippen MR) is 84.5 cm³/mol. The fraction of sp³-hybridized carbons (Fsp3) is 0.733. The third-order valence-corrected chi connectivity index (χ3v) is 3.44. The van der Waals surface area contributed by atoms with Crippen molar-refractivity contribution in [2.75, 3.05) is 26.2 Å². The molecule has 1 unspecified atom stereocenters. The molecule has 6 nitrogen and oxygen atoms in total. The highest BCUT2D eigenvalue weighted by Gasteiger charge is 2.14. The Morgan fingerprint density at radius 1 is 1.52 bits per heavy atom. The second kappa shape index (κ2) is 8.67. The topological polar surface area (TPSA) is 63.5 Å². The summed E-state index contributed by atoms with van der Waals surface area (Å²) in [6, 6.07) is 0. The minimum atomic E-state index is 0.299. The van der Waals surface area contributed by atoms with Crippen molar-refractivity contribution < 1.29 is 4.74 Å². The smallest absolute Gasteiger partial charge is 0.191 e. The molecule has 2 heterocycles. The lowest BCUT2D eigenvalue weighted by Crippen LogP contribution is -2.38. The third kappa shape index (κ3) is 5.75. The van der Waals surface area contributed by atoms with Gasteiger partial charge < -0.3 is 15.4 Å². The predicted octanol–water partition coefficient (Wildman–Crippen LogP) is 1.32. The highest BCUT2D eigenvalue weighted by atomic mass is 16.5. The van der Waals surface area contributed by atoms with Crippen molar-refractivity contribution in [1.82, 2.24) is 20.4 Å². The molecule has 0 aromatic carbocycles. The molecule has 2 rings (SSSR count). The summed E-state index contributed by atoms with van der Waals surface area (Å²) >= 11 is 0. The van der Waals surface area contributed by atoms with Crippen LogP contribution in [-0.4, -0.2) is 48.1 Å². The number of ether oxygens (including phenoxy) is 1. The van der Waals surface area contributed by atoms with Crippen LogP contribution in [0.3, 0.4) is 0 Å². The quantitative estimate of drug-likeness (QED) is 0.452. The molecule has 1 aromatic rings. The second-order valence-corrected chi connectivity index (χ2v) is 5.42. The maximum atomic E-state index is 5.59. The number of rotatable bonds is 7. The van der Waals surface area contributed by atoms with Crippen molar-refractivity contribution >= 4 is 5.96 Å². The highest BCUT2D eigenvalue weighted by molar-refractivity contribution is 5.79. The molecule has 6 heteroatoms. The minimum Gasteiger partial charge on any atom is -0.376 e. The van der Waals surface area contributed by atoms with Crippen LogP contribution in [0.5, 0.6) is 0 Å². The van der Waals surface area contributed by atoms with E-state index in [0.29, 0.717) is 6.10 Å². The van der Waals surface area contributed by atoms with E-state index in [1.54, 1.807) is 0 Å². The molecule has 1 aromatic heterocycles. The van der Waals surface area contributed by atoms with Gasteiger partial charge in [0.15, 0.2) is 5.96 Å². The van der Waals surface area contributed by atoms with Crippen molar-refractivity contribution in [3.63, 3.8) is 0 Å². The molecule has 0 radical (unpaired) electrons. The second-order valence-electron chi connectivity index (χ2n) is 5.42. The molecule has 0 aliphatic carbocycles. The highest BCUT2D eigenvalue weighted by Crippen LogP contribution is 2.11. The van der Waals surface area contributed by atoms with E-state index in [9.17, 15) is 0 Å². The molecule has 1 aliphatic rings. The average molecular weight is 293 g/mol. The minimum absolute atomic E-state index is 0.299. The van der Waals surface area contributed by atoms with Gasteiger partial charge in [0, 0.05) is 32.4 Å². The molecule has 0 spiro atoms. The fourth-order valence-electron chi connectivity index (χ4n) is 2.36. The average Bonchev–Trinajstić information content (AvgIpc) is 3.12. The van der Waals surface area contributed by atoms with Gasteiger partial charge in [0.25, 0.3) is 0 Å². The lowest BCUT2D eigenvalue weighted by molar-refractivity contribution is 0.117. The fourth-order valence-corrected chi connectivity index (χ4v) is 2.36. The monoisotopic (exact) mass is 293 g/mol. The summed E-state index contributed by atoms with van der Waals surface area (Å²) in [7, 11) is 0. The van der Waals surface area contributed by atoms with Crippen LogP contribution >= 0.6 is 0 Å². The standard InChI is InChI=1S/C15H27N5O/c1-3-16-15(18-11-14-6-4-9-21-14)17-7-5-8-20-12-13(2)10-19-20/h10,12,14H,3-9,11H2,1-2H3,(H2,16,17,18). The summed E-state index contributed by atoms with van der Waals surface area (Å²) < 4.78 is 7.57. The Balaban J connectivity index is 1.67. The van der Waals surface area contributed by atoms with E-state index >= 15 is 0 Å². The number of hydrogen-bond donors (Lipinski definition) is 2. The van der Waals surface area contributed by atoms with Gasteiger partial charge in [-0.3, -0.25) is 9.67 Å². The number of nitrogens with zero attached hydrogens (tertiary/aromatic N) is 3. The molecule has 0 amide bonds. The van der Waals surface area contributed by atoms with Gasteiger partial charge in [-0.15, -0.1) is 0 Å². The molecular weight excluding hydrogens is 266 g/mol. The molecule has 0 bridgehead atoms. The van der Waals surface area contributed by atoms with E-state index in [-0.39, 0.29) is 0 Å². The summed E-state index contributed by atoms with van der Waals surface area (Å²) in [6.07, 6.45) is 7.56. The van der Waals surface area contributed by atoms with Crippen molar-refractivity contribution in [3.8, 4) is 0 Å². The Labute approximate surface area is 127 Å². The van der Waals surface area contributed by atoms with Crippen molar-refractivity contribution in [2.24, 2.45) is 4.99 Å². The van der Waals surface area contributed by atoms with E-state index in [1.807, 2.05) is 10.9 Å². The van der Waals surface area contributed by atoms with Crippen molar-refractivity contribution in [2.45, 2.75) is 45.8 Å². The molecule has 1 atom stereocenters. The molecule has 2 N–H and O–H groups in total. The van der Waals surface area contributed by atoms with Crippen molar-refractivity contribution in [1.29, 1.82) is 0 Å². The van der Waals surface area contributed by atoms with Gasteiger partial charge in [0.2, 0.25) is 0 Å². The third-order valence-electron chi connectivity index (χ3n) is 3.44. The summed E-state index contributed by atoms with van der Waals surface area (Å²) in [5.41, 5.74) is 1.20. The molecule has 0 saturated carbocycles. The number of hydrogen-bond acceptors (Lipinski definition) is 3. The lowest BCUT2D eigenvalue weighted by Gasteiger charge is -2.12. The van der Waals surface area contributed by atoms with Gasteiger partial charge >= 0.3 is 0 Å². The van der Waals surface area contributed by atoms with Crippen LogP contribution in [0, 0.1) is 6.92 Å². The zero-order valence-electron chi connectivity index (χ0n) is 13.1. The number of guanidine groups is 1. The van der Waals surface area contributed by atoms with Crippen LogP contribution in [0.25, 0.3) is 0 Å². The lowest BCUT2D eigenvalue weighted by atomic mass is 10.2. The summed E-state index contributed by atoms with van der Waals surface area (Å²) in [5.74, 6) is 0.879. The molecule has 118 valence electrons. The van der Waals surface area contributed by atoms with E-state index in [2.05, 4.69) is 40.8 Å². The number of aliphatic imine (C=N–C) groups is 1. The Morgan fingerprint density at radius 2 is 2.43 bits per heavy atom. The number of aromatic nitrogens is 2. The molecule has 1 fully saturated rings. The van der Waals surface area contributed by atoms with Crippen LogP contribution in [0.2, 0.25) is 0 Å². The first-order valence-corrected chi connectivity index (χ1v) is 7.90. The Morgan fingerprint density at radius 3 is 3.10 bits per heavy atom. The first-order chi connectivity index (χ1) is 10.3. The molecule has 1 saturated heterocycles. The van der Waals surface area contributed by atoms with E-state index in [1.165, 1.54) is 5.56 Å². The molecule has 1 aliphatic heterocycles. The first-order valence-electron chi connectivity index (χ1n) is 7.90. The Hall–Kier alpha value is -1.56. The molecular formula is C15H27N5O. The summed E-state index contributed by atoms with van der Waals surface area (Å²) in [6.45, 7) is 8.44. The van der Waals surface area contributed by atoms with Crippen LogP contribution < -0.4 is 10.6 Å². The van der Waals surface area contributed by atoms with Crippen LogP contribution in [0.4, 0.5) is 0 Å². The summed E-state index contributed by atoms with van der Waals surface area (Å²) in [4.78, 5) is 4.59. The largest absolute Gasteiger partial charge is 0.376 e. The normalized spacial score (nSPS) is 19.0.